The van der Waals surface area contributed by atoms with E-state index in [2.05, 4.69) is 43.0 Å². The van der Waals surface area contributed by atoms with Gasteiger partial charge in [0.15, 0.2) is 0 Å². The molecule has 16 heavy (non-hydrogen) atoms. The summed E-state index contributed by atoms with van der Waals surface area (Å²) in [7, 11) is 0. The van der Waals surface area contributed by atoms with Crippen molar-refractivity contribution in [2.24, 2.45) is 11.7 Å². The number of anilines is 1. The maximum absolute atomic E-state index is 6.20. The number of rotatable bonds is 5. The van der Waals surface area contributed by atoms with Crippen LogP contribution >= 0.6 is 0 Å². The fourth-order valence-corrected chi connectivity index (χ4v) is 2.24. The number of benzene rings is 1. The number of para-hydroxylation sites is 1. The van der Waals surface area contributed by atoms with Crippen molar-refractivity contribution < 1.29 is 0 Å². The highest BCUT2D eigenvalue weighted by atomic mass is 15.1. The van der Waals surface area contributed by atoms with Gasteiger partial charge in [-0.3, -0.25) is 0 Å². The highest BCUT2D eigenvalue weighted by Gasteiger charge is 2.29. The van der Waals surface area contributed by atoms with Gasteiger partial charge in [0.2, 0.25) is 0 Å². The quantitative estimate of drug-likeness (QED) is 0.823. The molecule has 0 aliphatic heterocycles. The van der Waals surface area contributed by atoms with Gasteiger partial charge in [-0.15, -0.1) is 0 Å². The number of aryl methyl sites for hydroxylation is 1. The standard InChI is InChI=1S/C14H22N2/c1-3-16(10-13(15)12-8-9-12)14-7-5-4-6-11(14)2/h4-7,12-13H,3,8-10,15H2,1-2H3. The van der Waals surface area contributed by atoms with Crippen molar-refractivity contribution in [1.29, 1.82) is 0 Å². The molecule has 1 aliphatic rings. The maximum atomic E-state index is 6.20. The Morgan fingerprint density at radius 3 is 2.62 bits per heavy atom. The Morgan fingerprint density at radius 2 is 2.06 bits per heavy atom. The molecule has 2 rings (SSSR count). The first kappa shape index (κ1) is 11.5. The van der Waals surface area contributed by atoms with Gasteiger partial charge >= 0.3 is 0 Å². The molecule has 1 aromatic carbocycles. The van der Waals surface area contributed by atoms with E-state index in [1.54, 1.807) is 0 Å². The van der Waals surface area contributed by atoms with E-state index < -0.39 is 0 Å². The predicted octanol–water partition coefficient (Wildman–Crippen LogP) is 2.56. The predicted molar refractivity (Wildman–Crippen MR) is 69.8 cm³/mol. The average Bonchev–Trinajstić information content (AvgIpc) is 3.10. The van der Waals surface area contributed by atoms with E-state index in [1.165, 1.54) is 24.1 Å². The topological polar surface area (TPSA) is 29.3 Å². The molecule has 0 radical (unpaired) electrons. The molecule has 2 nitrogen and oxygen atoms in total. The number of nitrogens with zero attached hydrogens (tertiary/aromatic N) is 1. The van der Waals surface area contributed by atoms with Crippen LogP contribution < -0.4 is 10.6 Å². The summed E-state index contributed by atoms with van der Waals surface area (Å²) in [6.07, 6.45) is 2.65. The molecule has 88 valence electrons. The Kier molecular flexibility index (Phi) is 3.49. The molecule has 0 aromatic heterocycles. The first-order valence-electron chi connectivity index (χ1n) is 6.28. The number of nitrogens with two attached hydrogens (primary N) is 1. The van der Waals surface area contributed by atoms with Crippen LogP contribution in [0.3, 0.4) is 0 Å². The van der Waals surface area contributed by atoms with Crippen molar-refractivity contribution >= 4 is 5.69 Å². The van der Waals surface area contributed by atoms with E-state index in [1.807, 2.05) is 0 Å². The monoisotopic (exact) mass is 218 g/mol. The lowest BCUT2D eigenvalue weighted by Gasteiger charge is -2.28. The van der Waals surface area contributed by atoms with Crippen LogP contribution in [0.5, 0.6) is 0 Å². The van der Waals surface area contributed by atoms with Crippen LogP contribution in [-0.2, 0) is 0 Å². The Morgan fingerprint density at radius 1 is 1.38 bits per heavy atom. The van der Waals surface area contributed by atoms with E-state index in [-0.39, 0.29) is 0 Å². The second-order valence-corrected chi connectivity index (χ2v) is 4.83. The molecule has 1 fully saturated rings. The van der Waals surface area contributed by atoms with E-state index in [9.17, 15) is 0 Å². The molecule has 1 aliphatic carbocycles. The lowest BCUT2D eigenvalue weighted by molar-refractivity contribution is 0.577. The zero-order chi connectivity index (χ0) is 11.5. The van der Waals surface area contributed by atoms with E-state index in [0.717, 1.165) is 19.0 Å². The number of hydrogen-bond donors (Lipinski definition) is 1. The second-order valence-electron chi connectivity index (χ2n) is 4.83. The minimum Gasteiger partial charge on any atom is -0.370 e. The molecule has 0 saturated heterocycles. The molecule has 1 saturated carbocycles. The van der Waals surface area contributed by atoms with Gasteiger partial charge in [0, 0.05) is 24.8 Å². The third-order valence-corrected chi connectivity index (χ3v) is 3.50. The Balaban J connectivity index is 2.06. The molecular weight excluding hydrogens is 196 g/mol. The van der Waals surface area contributed by atoms with Crippen LogP contribution in [0, 0.1) is 12.8 Å². The minimum atomic E-state index is 0.347. The SMILES string of the molecule is CCN(CC(N)C1CC1)c1ccccc1C. The Hall–Kier alpha value is -1.02. The van der Waals surface area contributed by atoms with Crippen LogP contribution in [0.15, 0.2) is 24.3 Å². The zero-order valence-corrected chi connectivity index (χ0v) is 10.3. The summed E-state index contributed by atoms with van der Waals surface area (Å²) in [5.74, 6) is 0.776. The van der Waals surface area contributed by atoms with Gasteiger partial charge in [-0.2, -0.15) is 0 Å². The second kappa shape index (κ2) is 4.88. The molecule has 0 spiro atoms. The average molecular weight is 218 g/mol. The fourth-order valence-electron chi connectivity index (χ4n) is 2.24. The number of hydrogen-bond acceptors (Lipinski definition) is 2. The van der Waals surface area contributed by atoms with Crippen molar-refractivity contribution in [3.8, 4) is 0 Å². The summed E-state index contributed by atoms with van der Waals surface area (Å²) >= 11 is 0. The summed E-state index contributed by atoms with van der Waals surface area (Å²) < 4.78 is 0. The Bertz CT molecular complexity index is 344. The van der Waals surface area contributed by atoms with Crippen molar-refractivity contribution in [2.45, 2.75) is 32.7 Å². The van der Waals surface area contributed by atoms with Crippen LogP contribution in [0.4, 0.5) is 5.69 Å². The van der Waals surface area contributed by atoms with Gasteiger partial charge in [-0.1, -0.05) is 18.2 Å². The van der Waals surface area contributed by atoms with Crippen LogP contribution in [0.25, 0.3) is 0 Å². The van der Waals surface area contributed by atoms with Gasteiger partial charge < -0.3 is 10.6 Å². The molecule has 1 atom stereocenters. The normalized spacial score (nSPS) is 17.2. The van der Waals surface area contributed by atoms with Crippen molar-refractivity contribution in [2.75, 3.05) is 18.0 Å². The molecule has 0 heterocycles. The summed E-state index contributed by atoms with van der Waals surface area (Å²) in [5.41, 5.74) is 8.88. The molecule has 2 N–H and O–H groups in total. The fraction of sp³-hybridized carbons (Fsp3) is 0.571. The summed E-state index contributed by atoms with van der Waals surface area (Å²) in [6, 6.07) is 8.90. The van der Waals surface area contributed by atoms with E-state index in [0.29, 0.717) is 6.04 Å². The van der Waals surface area contributed by atoms with Gasteiger partial charge in [0.25, 0.3) is 0 Å². The van der Waals surface area contributed by atoms with Crippen LogP contribution in [0.1, 0.15) is 25.3 Å². The van der Waals surface area contributed by atoms with Gasteiger partial charge in [0.1, 0.15) is 0 Å². The molecule has 2 heteroatoms. The molecule has 1 aromatic rings. The third-order valence-electron chi connectivity index (χ3n) is 3.50. The van der Waals surface area contributed by atoms with Gasteiger partial charge in [-0.05, 0) is 44.2 Å². The van der Waals surface area contributed by atoms with Crippen LogP contribution in [-0.4, -0.2) is 19.1 Å². The molecule has 1 unspecified atom stereocenters. The summed E-state index contributed by atoms with van der Waals surface area (Å²) in [6.45, 7) is 6.39. The maximum Gasteiger partial charge on any atom is 0.0396 e. The molecule has 0 amide bonds. The lowest BCUT2D eigenvalue weighted by atomic mass is 10.1. The van der Waals surface area contributed by atoms with Crippen molar-refractivity contribution in [3.63, 3.8) is 0 Å². The number of likely N-dealkylation sites (N-methyl/N-ethyl adjacent to an activating group) is 1. The smallest absolute Gasteiger partial charge is 0.0396 e. The zero-order valence-electron chi connectivity index (χ0n) is 10.3. The van der Waals surface area contributed by atoms with Crippen molar-refractivity contribution in [3.05, 3.63) is 29.8 Å². The lowest BCUT2D eigenvalue weighted by Crippen LogP contribution is -2.39. The molecule has 0 bridgehead atoms. The van der Waals surface area contributed by atoms with E-state index >= 15 is 0 Å². The minimum absolute atomic E-state index is 0.347. The highest BCUT2D eigenvalue weighted by Crippen LogP contribution is 2.32. The van der Waals surface area contributed by atoms with Gasteiger partial charge in [-0.25, -0.2) is 0 Å². The third kappa shape index (κ3) is 2.56. The first-order chi connectivity index (χ1) is 7.72. The van der Waals surface area contributed by atoms with Crippen molar-refractivity contribution in [1.82, 2.24) is 0 Å². The summed E-state index contributed by atoms with van der Waals surface area (Å²) in [4.78, 5) is 2.40. The van der Waals surface area contributed by atoms with E-state index in [4.69, 9.17) is 5.73 Å². The largest absolute Gasteiger partial charge is 0.370 e. The highest BCUT2D eigenvalue weighted by molar-refractivity contribution is 5.53. The summed E-state index contributed by atoms with van der Waals surface area (Å²) in [5, 5.41) is 0. The Labute approximate surface area is 98.4 Å². The molecular formula is C14H22N2. The van der Waals surface area contributed by atoms with Gasteiger partial charge in [0.05, 0.1) is 0 Å². The van der Waals surface area contributed by atoms with Crippen LogP contribution in [0.2, 0.25) is 0 Å². The first-order valence-corrected chi connectivity index (χ1v) is 6.28.